The van der Waals surface area contributed by atoms with Gasteiger partial charge in [-0.05, 0) is 106 Å². The molecule has 0 nitrogen and oxygen atoms in total. The van der Waals surface area contributed by atoms with Crippen molar-refractivity contribution in [3.8, 4) is 44.5 Å². The van der Waals surface area contributed by atoms with Crippen LogP contribution < -0.4 is 0 Å². The highest BCUT2D eigenvalue weighted by molar-refractivity contribution is 7.26. The molecule has 0 aliphatic carbocycles. The largest absolute Gasteiger partial charge is 0.135 e. The lowest BCUT2D eigenvalue weighted by atomic mass is 9.85. The summed E-state index contributed by atoms with van der Waals surface area (Å²) in [6.07, 6.45) is 0. The Hall–Kier alpha value is -6.54. The molecule has 1 aromatic heterocycles. The molecule has 10 aromatic carbocycles. The highest BCUT2D eigenvalue weighted by Crippen LogP contribution is 2.45. The van der Waals surface area contributed by atoms with Crippen molar-refractivity contribution < 1.29 is 0 Å². The first kappa shape index (κ1) is 30.1. The van der Waals surface area contributed by atoms with Crippen LogP contribution in [0.15, 0.2) is 194 Å². The van der Waals surface area contributed by atoms with Crippen molar-refractivity contribution in [2.45, 2.75) is 0 Å². The van der Waals surface area contributed by atoms with Gasteiger partial charge < -0.3 is 0 Å². The van der Waals surface area contributed by atoms with Crippen molar-refractivity contribution in [1.82, 2.24) is 0 Å². The fraction of sp³-hybridized carbons (Fsp3) is 0. The monoisotopic (exact) mass is 688 g/mol. The van der Waals surface area contributed by atoms with Crippen LogP contribution in [0.4, 0.5) is 0 Å². The van der Waals surface area contributed by atoms with E-state index in [4.69, 9.17) is 0 Å². The SMILES string of the molecule is c1cc(-c2ccc3c(c2)sc2c4ccccc4ccc32)cc(-c2c3ccccc3c(-c3ccc(-c4ccc5ccccc5c4)cc3)c3ccccc23)c1. The summed E-state index contributed by atoms with van der Waals surface area (Å²) in [5.41, 5.74) is 9.96. The van der Waals surface area contributed by atoms with Crippen LogP contribution in [-0.2, 0) is 0 Å². The van der Waals surface area contributed by atoms with Crippen LogP contribution in [0.2, 0.25) is 0 Å². The van der Waals surface area contributed by atoms with Gasteiger partial charge in [-0.25, -0.2) is 0 Å². The molecule has 0 amide bonds. The Kier molecular flexibility index (Phi) is 6.83. The number of hydrogen-bond donors (Lipinski definition) is 0. The van der Waals surface area contributed by atoms with E-state index >= 15 is 0 Å². The maximum Gasteiger partial charge on any atom is 0.0433 e. The van der Waals surface area contributed by atoms with Crippen LogP contribution in [0.25, 0.3) is 108 Å². The van der Waals surface area contributed by atoms with E-state index < -0.39 is 0 Å². The van der Waals surface area contributed by atoms with E-state index in [0.717, 1.165) is 0 Å². The van der Waals surface area contributed by atoms with Gasteiger partial charge in [-0.1, -0.05) is 176 Å². The third kappa shape index (κ3) is 4.89. The number of fused-ring (bicyclic) bond motifs is 8. The van der Waals surface area contributed by atoms with Crippen molar-refractivity contribution in [3.05, 3.63) is 194 Å². The van der Waals surface area contributed by atoms with E-state index in [-0.39, 0.29) is 0 Å². The van der Waals surface area contributed by atoms with Crippen molar-refractivity contribution >= 4 is 74.6 Å². The lowest BCUT2D eigenvalue weighted by molar-refractivity contribution is 1.62. The molecule has 11 aromatic rings. The quantitative estimate of drug-likeness (QED) is 0.162. The molecule has 0 saturated heterocycles. The fourth-order valence-corrected chi connectivity index (χ4v) is 9.76. The summed E-state index contributed by atoms with van der Waals surface area (Å²) in [5.74, 6) is 0. The smallest absolute Gasteiger partial charge is 0.0433 e. The zero-order chi connectivity index (χ0) is 34.9. The molecule has 0 unspecified atom stereocenters. The molecule has 11 rings (SSSR count). The van der Waals surface area contributed by atoms with E-state index in [1.807, 2.05) is 11.3 Å². The Labute approximate surface area is 311 Å². The Morgan fingerprint density at radius 2 is 0.736 bits per heavy atom. The van der Waals surface area contributed by atoms with Gasteiger partial charge in [0.25, 0.3) is 0 Å². The van der Waals surface area contributed by atoms with E-state index in [1.165, 1.54) is 108 Å². The van der Waals surface area contributed by atoms with Gasteiger partial charge in [-0.3, -0.25) is 0 Å². The second kappa shape index (κ2) is 12.0. The maximum atomic E-state index is 2.39. The van der Waals surface area contributed by atoms with Gasteiger partial charge in [0.15, 0.2) is 0 Å². The van der Waals surface area contributed by atoms with Crippen LogP contribution >= 0.6 is 11.3 Å². The van der Waals surface area contributed by atoms with Crippen LogP contribution in [0.5, 0.6) is 0 Å². The summed E-state index contributed by atoms with van der Waals surface area (Å²) in [4.78, 5) is 0. The summed E-state index contributed by atoms with van der Waals surface area (Å²) in [6, 6.07) is 71.7. The van der Waals surface area contributed by atoms with Gasteiger partial charge in [0.1, 0.15) is 0 Å². The lowest BCUT2D eigenvalue weighted by Gasteiger charge is -2.18. The Bertz CT molecular complexity index is 3160. The normalized spacial score (nSPS) is 11.8. The molecule has 0 radical (unpaired) electrons. The van der Waals surface area contributed by atoms with Gasteiger partial charge in [0.2, 0.25) is 0 Å². The predicted molar refractivity (Wildman–Crippen MR) is 231 cm³/mol. The number of benzene rings is 10. The topological polar surface area (TPSA) is 0 Å². The van der Waals surface area contributed by atoms with Crippen molar-refractivity contribution in [2.75, 3.05) is 0 Å². The number of rotatable bonds is 4. The summed E-state index contributed by atoms with van der Waals surface area (Å²) in [5, 5.41) is 12.9. The van der Waals surface area contributed by atoms with Gasteiger partial charge >= 0.3 is 0 Å². The molecule has 1 heteroatoms. The minimum absolute atomic E-state index is 1.23. The molecule has 0 fully saturated rings. The van der Waals surface area contributed by atoms with Crippen LogP contribution in [0, 0.1) is 0 Å². The first-order valence-electron chi connectivity index (χ1n) is 18.2. The molecule has 0 saturated carbocycles. The molecule has 0 bridgehead atoms. The first-order valence-corrected chi connectivity index (χ1v) is 19.1. The summed E-state index contributed by atoms with van der Waals surface area (Å²) in [6.45, 7) is 0. The Morgan fingerprint density at radius 3 is 1.47 bits per heavy atom. The van der Waals surface area contributed by atoms with Gasteiger partial charge in [-0.2, -0.15) is 0 Å². The highest BCUT2D eigenvalue weighted by Gasteiger charge is 2.17. The van der Waals surface area contributed by atoms with Crippen LogP contribution in [0.1, 0.15) is 0 Å². The molecule has 0 aliphatic rings. The van der Waals surface area contributed by atoms with E-state index in [0.29, 0.717) is 0 Å². The standard InChI is InChI=1S/C52H32S/c1-2-12-37-30-39(25-22-33(37)10-1)34-20-23-36(24-21-34)50-44-16-5-7-18-46(44)51(47-19-8-6-17-45(47)50)41-14-9-13-38(31-41)40-27-28-43-48-29-26-35-11-3-4-15-42(35)52(48)53-49(43)32-40/h1-32H. The minimum atomic E-state index is 1.23. The third-order valence-electron chi connectivity index (χ3n) is 11.0. The van der Waals surface area contributed by atoms with E-state index in [1.54, 1.807) is 0 Å². The second-order valence-corrected chi connectivity index (χ2v) is 15.1. The van der Waals surface area contributed by atoms with Crippen molar-refractivity contribution in [1.29, 1.82) is 0 Å². The summed E-state index contributed by atoms with van der Waals surface area (Å²) < 4.78 is 2.69. The lowest BCUT2D eigenvalue weighted by Crippen LogP contribution is -1.91. The van der Waals surface area contributed by atoms with Gasteiger partial charge in [-0.15, -0.1) is 11.3 Å². The minimum Gasteiger partial charge on any atom is -0.135 e. The number of hydrogen-bond acceptors (Lipinski definition) is 1. The van der Waals surface area contributed by atoms with E-state index in [2.05, 4.69) is 194 Å². The van der Waals surface area contributed by atoms with E-state index in [9.17, 15) is 0 Å². The predicted octanol–water partition coefficient (Wildman–Crippen LogP) is 15.3. The van der Waals surface area contributed by atoms with Crippen molar-refractivity contribution in [3.63, 3.8) is 0 Å². The summed E-state index contributed by atoms with van der Waals surface area (Å²) >= 11 is 1.90. The van der Waals surface area contributed by atoms with Crippen LogP contribution in [0.3, 0.4) is 0 Å². The van der Waals surface area contributed by atoms with Crippen LogP contribution in [-0.4, -0.2) is 0 Å². The zero-order valence-corrected chi connectivity index (χ0v) is 29.7. The van der Waals surface area contributed by atoms with Gasteiger partial charge in [0.05, 0.1) is 0 Å². The highest BCUT2D eigenvalue weighted by atomic mass is 32.1. The average molecular weight is 689 g/mol. The second-order valence-electron chi connectivity index (χ2n) is 14.0. The molecule has 246 valence electrons. The van der Waals surface area contributed by atoms with Crippen molar-refractivity contribution in [2.24, 2.45) is 0 Å². The fourth-order valence-electron chi connectivity index (χ4n) is 8.49. The molecular weight excluding hydrogens is 657 g/mol. The average Bonchev–Trinajstić information content (AvgIpc) is 3.61. The third-order valence-corrected chi connectivity index (χ3v) is 12.2. The molecule has 0 N–H and O–H groups in total. The Morgan fingerprint density at radius 1 is 0.245 bits per heavy atom. The molecule has 1 heterocycles. The Balaban J connectivity index is 1.04. The molecule has 0 atom stereocenters. The molecule has 53 heavy (non-hydrogen) atoms. The summed E-state index contributed by atoms with van der Waals surface area (Å²) in [7, 11) is 0. The molecular formula is C52H32S. The number of thiophene rings is 1. The first-order chi connectivity index (χ1) is 26.3. The maximum absolute atomic E-state index is 2.39. The molecule has 0 spiro atoms. The molecule has 0 aliphatic heterocycles. The zero-order valence-electron chi connectivity index (χ0n) is 28.9. The van der Waals surface area contributed by atoms with Gasteiger partial charge in [0, 0.05) is 20.2 Å².